The molecule has 0 aliphatic heterocycles. The molecule has 0 radical (unpaired) electrons. The third-order valence-electron chi connectivity index (χ3n) is 0.847. The summed E-state index contributed by atoms with van der Waals surface area (Å²) in [6, 6.07) is -0.171. The van der Waals surface area contributed by atoms with Crippen molar-refractivity contribution in [2.45, 2.75) is 18.7 Å². The van der Waals surface area contributed by atoms with Crippen molar-refractivity contribution < 1.29 is 5.11 Å². The first-order chi connectivity index (χ1) is 3.66. The summed E-state index contributed by atoms with van der Waals surface area (Å²) in [4.78, 5) is 0. The van der Waals surface area contributed by atoms with Gasteiger partial charge in [-0.05, 0) is 0 Å². The van der Waals surface area contributed by atoms with Gasteiger partial charge in [-0.2, -0.15) is 0 Å². The van der Waals surface area contributed by atoms with Crippen molar-refractivity contribution in [3.05, 3.63) is 0 Å². The lowest BCUT2D eigenvalue weighted by Gasteiger charge is -2.09. The number of nitrogens with two attached hydrogens (primary N) is 3. The SMILES string of the molecule is NCC(N)CC(N)O. The van der Waals surface area contributed by atoms with Gasteiger partial charge in [0.1, 0.15) is 6.23 Å². The van der Waals surface area contributed by atoms with Crippen LogP contribution >= 0.6 is 0 Å². The van der Waals surface area contributed by atoms with E-state index in [1.54, 1.807) is 0 Å². The molecule has 0 aromatic carbocycles. The van der Waals surface area contributed by atoms with Gasteiger partial charge in [0.2, 0.25) is 0 Å². The van der Waals surface area contributed by atoms with Gasteiger partial charge in [0, 0.05) is 19.0 Å². The molecular weight excluding hydrogens is 106 g/mol. The van der Waals surface area contributed by atoms with Crippen molar-refractivity contribution in [2.75, 3.05) is 6.54 Å². The van der Waals surface area contributed by atoms with Crippen molar-refractivity contribution in [2.24, 2.45) is 17.2 Å². The quantitative estimate of drug-likeness (QED) is 0.321. The Morgan fingerprint density at radius 2 is 1.88 bits per heavy atom. The maximum absolute atomic E-state index is 8.50. The lowest BCUT2D eigenvalue weighted by Crippen LogP contribution is -2.36. The Morgan fingerprint density at radius 1 is 1.38 bits per heavy atom. The Labute approximate surface area is 48.6 Å². The van der Waals surface area contributed by atoms with Crippen LogP contribution in [0.4, 0.5) is 0 Å². The first-order valence-electron chi connectivity index (χ1n) is 2.56. The summed E-state index contributed by atoms with van der Waals surface area (Å²) < 4.78 is 0. The molecule has 0 aliphatic carbocycles. The van der Waals surface area contributed by atoms with E-state index < -0.39 is 6.23 Å². The van der Waals surface area contributed by atoms with E-state index in [4.69, 9.17) is 22.3 Å². The molecule has 4 heteroatoms. The van der Waals surface area contributed by atoms with Gasteiger partial charge in [-0.3, -0.25) is 0 Å². The minimum absolute atomic E-state index is 0.171. The fourth-order valence-electron chi connectivity index (χ4n) is 0.406. The van der Waals surface area contributed by atoms with Crippen LogP contribution in [0.25, 0.3) is 0 Å². The highest BCUT2D eigenvalue weighted by molar-refractivity contribution is 4.63. The maximum Gasteiger partial charge on any atom is 0.103 e. The van der Waals surface area contributed by atoms with E-state index in [0.29, 0.717) is 13.0 Å². The Hall–Kier alpha value is -0.160. The number of hydrogen-bond donors (Lipinski definition) is 4. The monoisotopic (exact) mass is 119 g/mol. The van der Waals surface area contributed by atoms with Gasteiger partial charge in [-0.15, -0.1) is 0 Å². The summed E-state index contributed by atoms with van der Waals surface area (Å²) in [5.41, 5.74) is 15.4. The Morgan fingerprint density at radius 3 is 2.00 bits per heavy atom. The highest BCUT2D eigenvalue weighted by Gasteiger charge is 2.02. The standard InChI is InChI=1S/C4H13N3O/c5-2-3(6)1-4(7)8/h3-4,8H,1-2,5-7H2. The zero-order valence-electron chi connectivity index (χ0n) is 4.75. The van der Waals surface area contributed by atoms with Gasteiger partial charge in [0.05, 0.1) is 0 Å². The van der Waals surface area contributed by atoms with E-state index in [9.17, 15) is 0 Å². The predicted octanol–water partition coefficient (Wildman–Crippen LogP) is -2.06. The molecule has 0 heterocycles. The molecule has 0 amide bonds. The average Bonchev–Trinajstić information content (AvgIpc) is 1.65. The van der Waals surface area contributed by atoms with E-state index in [1.165, 1.54) is 0 Å². The summed E-state index contributed by atoms with van der Waals surface area (Å²) in [6.45, 7) is 0.369. The molecule has 0 bridgehead atoms. The van der Waals surface area contributed by atoms with Gasteiger partial charge in [0.25, 0.3) is 0 Å². The van der Waals surface area contributed by atoms with Gasteiger partial charge in [-0.25, -0.2) is 0 Å². The number of aliphatic hydroxyl groups is 1. The van der Waals surface area contributed by atoms with Crippen molar-refractivity contribution in [1.29, 1.82) is 0 Å². The summed E-state index contributed by atoms with van der Waals surface area (Å²) in [5.74, 6) is 0. The van der Waals surface area contributed by atoms with Crippen LogP contribution in [0.1, 0.15) is 6.42 Å². The van der Waals surface area contributed by atoms with Gasteiger partial charge in [-0.1, -0.05) is 0 Å². The number of rotatable bonds is 3. The van der Waals surface area contributed by atoms with Crippen LogP contribution < -0.4 is 17.2 Å². The van der Waals surface area contributed by atoms with Crippen molar-refractivity contribution in [3.63, 3.8) is 0 Å². The molecular formula is C4H13N3O. The van der Waals surface area contributed by atoms with Crippen LogP contribution in [0.3, 0.4) is 0 Å². The Bertz CT molecular complexity index is 57.2. The van der Waals surface area contributed by atoms with Gasteiger partial charge in [0.15, 0.2) is 0 Å². The molecule has 7 N–H and O–H groups in total. The molecule has 0 saturated heterocycles. The second-order valence-electron chi connectivity index (χ2n) is 1.80. The smallest absolute Gasteiger partial charge is 0.103 e. The summed E-state index contributed by atoms with van der Waals surface area (Å²) in [6.07, 6.45) is -0.454. The van der Waals surface area contributed by atoms with Crippen molar-refractivity contribution in [3.8, 4) is 0 Å². The predicted molar refractivity (Wildman–Crippen MR) is 31.8 cm³/mol. The van der Waals surface area contributed by atoms with Crippen molar-refractivity contribution >= 4 is 0 Å². The van der Waals surface area contributed by atoms with E-state index in [-0.39, 0.29) is 6.04 Å². The first-order valence-corrected chi connectivity index (χ1v) is 2.56. The number of aliphatic hydroxyl groups excluding tert-OH is 1. The summed E-state index contributed by atoms with van der Waals surface area (Å²) >= 11 is 0. The van der Waals surface area contributed by atoms with E-state index in [1.807, 2.05) is 0 Å². The normalized spacial score (nSPS) is 18.0. The van der Waals surface area contributed by atoms with Crippen LogP contribution in [0.5, 0.6) is 0 Å². The fourth-order valence-corrected chi connectivity index (χ4v) is 0.406. The maximum atomic E-state index is 8.50. The van der Waals surface area contributed by atoms with E-state index in [2.05, 4.69) is 0 Å². The van der Waals surface area contributed by atoms with E-state index >= 15 is 0 Å². The Balaban J connectivity index is 3.10. The van der Waals surface area contributed by atoms with Crippen LogP contribution in [0.2, 0.25) is 0 Å². The second kappa shape index (κ2) is 3.80. The molecule has 0 aromatic heterocycles. The molecule has 2 unspecified atom stereocenters. The van der Waals surface area contributed by atoms with Crippen LogP contribution in [-0.4, -0.2) is 23.9 Å². The van der Waals surface area contributed by atoms with Crippen LogP contribution in [0, 0.1) is 0 Å². The molecule has 8 heavy (non-hydrogen) atoms. The van der Waals surface area contributed by atoms with Gasteiger partial charge < -0.3 is 22.3 Å². The van der Waals surface area contributed by atoms with E-state index in [0.717, 1.165) is 0 Å². The third-order valence-corrected chi connectivity index (χ3v) is 0.847. The molecule has 50 valence electrons. The lowest BCUT2D eigenvalue weighted by atomic mass is 10.2. The topological polar surface area (TPSA) is 98.3 Å². The average molecular weight is 119 g/mol. The zero-order chi connectivity index (χ0) is 6.57. The van der Waals surface area contributed by atoms with Crippen molar-refractivity contribution in [1.82, 2.24) is 0 Å². The largest absolute Gasteiger partial charge is 0.379 e. The minimum atomic E-state index is -0.825. The lowest BCUT2D eigenvalue weighted by molar-refractivity contribution is 0.163. The second-order valence-corrected chi connectivity index (χ2v) is 1.80. The molecule has 0 spiro atoms. The molecule has 0 aromatic rings. The molecule has 0 aliphatic rings. The first kappa shape index (κ1) is 7.84. The van der Waals surface area contributed by atoms with Crippen LogP contribution in [-0.2, 0) is 0 Å². The molecule has 0 fully saturated rings. The minimum Gasteiger partial charge on any atom is -0.379 e. The summed E-state index contributed by atoms with van der Waals surface area (Å²) in [5, 5.41) is 8.50. The molecule has 4 nitrogen and oxygen atoms in total. The fraction of sp³-hybridized carbons (Fsp3) is 1.00. The molecule has 2 atom stereocenters. The highest BCUT2D eigenvalue weighted by Crippen LogP contribution is 1.85. The highest BCUT2D eigenvalue weighted by atomic mass is 16.3. The summed E-state index contributed by atoms with van der Waals surface area (Å²) in [7, 11) is 0. The van der Waals surface area contributed by atoms with Gasteiger partial charge >= 0.3 is 0 Å². The zero-order valence-corrected chi connectivity index (χ0v) is 4.75. The molecule has 0 saturated carbocycles. The number of hydrogen-bond acceptors (Lipinski definition) is 4. The Kier molecular flexibility index (Phi) is 3.72. The third kappa shape index (κ3) is 4.01. The molecule has 0 rings (SSSR count). The van der Waals surface area contributed by atoms with Crippen LogP contribution in [0.15, 0.2) is 0 Å².